The fourth-order valence-electron chi connectivity index (χ4n) is 1.68. The van der Waals surface area contributed by atoms with E-state index in [1.165, 1.54) is 7.05 Å². The predicted molar refractivity (Wildman–Crippen MR) is 71.6 cm³/mol. The molecule has 0 radical (unpaired) electrons. The van der Waals surface area contributed by atoms with Gasteiger partial charge in [-0.3, -0.25) is 10.1 Å². The van der Waals surface area contributed by atoms with Crippen LogP contribution in [0.25, 0.3) is 0 Å². The van der Waals surface area contributed by atoms with Gasteiger partial charge >= 0.3 is 12.0 Å². The van der Waals surface area contributed by atoms with E-state index in [9.17, 15) is 24.1 Å². The van der Waals surface area contributed by atoms with Crippen LogP contribution < -0.4 is 5.32 Å². The van der Waals surface area contributed by atoms with Crippen molar-refractivity contribution < 1.29 is 24.0 Å². The Labute approximate surface area is 119 Å². The number of aliphatic carboxylic acids is 1. The molecule has 0 aliphatic carbocycles. The standard InChI is InChI=1S/C12H14FN3O5/c1-3-10(11(17)18)15(2)12(19)14-9-5-4-7(16(20)21)6-8(9)13/h4-6,10H,3H2,1-2H3,(H,14,19)(H,17,18). The van der Waals surface area contributed by atoms with Gasteiger partial charge in [0.25, 0.3) is 5.69 Å². The van der Waals surface area contributed by atoms with Gasteiger partial charge in [-0.15, -0.1) is 0 Å². The molecule has 1 rings (SSSR count). The molecule has 2 N–H and O–H groups in total. The molecule has 1 aromatic carbocycles. The minimum atomic E-state index is -1.18. The fraction of sp³-hybridized carbons (Fsp3) is 0.333. The Hall–Kier alpha value is -2.71. The molecule has 0 bridgehead atoms. The van der Waals surface area contributed by atoms with Crippen LogP contribution in [0.5, 0.6) is 0 Å². The van der Waals surface area contributed by atoms with E-state index in [0.29, 0.717) is 6.07 Å². The first-order valence-electron chi connectivity index (χ1n) is 5.98. The van der Waals surface area contributed by atoms with Crippen molar-refractivity contribution in [1.29, 1.82) is 0 Å². The number of nitrogens with one attached hydrogen (secondary N) is 1. The second-order valence-electron chi connectivity index (χ2n) is 4.22. The van der Waals surface area contributed by atoms with Gasteiger partial charge in [0.1, 0.15) is 6.04 Å². The number of benzene rings is 1. The number of nitro benzene ring substituents is 1. The number of hydrogen-bond donors (Lipinski definition) is 2. The van der Waals surface area contributed by atoms with Crippen LogP contribution in [0.1, 0.15) is 13.3 Å². The Morgan fingerprint density at radius 3 is 2.57 bits per heavy atom. The van der Waals surface area contributed by atoms with Gasteiger partial charge in [-0.2, -0.15) is 0 Å². The number of anilines is 1. The van der Waals surface area contributed by atoms with E-state index in [4.69, 9.17) is 5.11 Å². The zero-order chi connectivity index (χ0) is 16.2. The number of nitrogens with zero attached hydrogens (tertiary/aromatic N) is 2. The number of hydrogen-bond acceptors (Lipinski definition) is 4. The van der Waals surface area contributed by atoms with Gasteiger partial charge in [0.15, 0.2) is 5.82 Å². The molecule has 1 atom stereocenters. The number of likely N-dealkylation sites (N-methyl/N-ethyl adjacent to an activating group) is 1. The fourth-order valence-corrected chi connectivity index (χ4v) is 1.68. The Balaban J connectivity index is 2.88. The number of carbonyl (C=O) groups excluding carboxylic acids is 1. The van der Waals surface area contributed by atoms with Gasteiger partial charge in [-0.25, -0.2) is 14.0 Å². The summed E-state index contributed by atoms with van der Waals surface area (Å²) < 4.78 is 13.6. The maximum atomic E-state index is 13.6. The number of urea groups is 1. The molecule has 0 saturated heterocycles. The monoisotopic (exact) mass is 299 g/mol. The minimum Gasteiger partial charge on any atom is -0.480 e. The first-order valence-corrected chi connectivity index (χ1v) is 5.98. The highest BCUT2D eigenvalue weighted by atomic mass is 19.1. The lowest BCUT2D eigenvalue weighted by molar-refractivity contribution is -0.385. The summed E-state index contributed by atoms with van der Waals surface area (Å²) in [5, 5.41) is 21.6. The van der Waals surface area contributed by atoms with Crippen molar-refractivity contribution in [2.75, 3.05) is 12.4 Å². The molecule has 1 aromatic rings. The minimum absolute atomic E-state index is 0.183. The van der Waals surface area contributed by atoms with Crippen LogP contribution in [0, 0.1) is 15.9 Å². The lowest BCUT2D eigenvalue weighted by Crippen LogP contribution is -2.44. The highest BCUT2D eigenvalue weighted by molar-refractivity contribution is 5.92. The highest BCUT2D eigenvalue weighted by Gasteiger charge is 2.25. The van der Waals surface area contributed by atoms with Crippen LogP contribution in [-0.2, 0) is 4.79 Å². The molecule has 1 unspecified atom stereocenters. The number of amides is 2. The molecule has 0 fully saturated rings. The van der Waals surface area contributed by atoms with E-state index in [0.717, 1.165) is 17.0 Å². The van der Waals surface area contributed by atoms with E-state index in [1.807, 2.05) is 0 Å². The van der Waals surface area contributed by atoms with Crippen LogP contribution in [0.4, 0.5) is 20.6 Å². The summed E-state index contributed by atoms with van der Waals surface area (Å²) in [6.07, 6.45) is 0.183. The van der Waals surface area contributed by atoms with Crippen molar-refractivity contribution in [3.05, 3.63) is 34.1 Å². The molecular formula is C12H14FN3O5. The smallest absolute Gasteiger partial charge is 0.326 e. The average molecular weight is 299 g/mol. The summed E-state index contributed by atoms with van der Waals surface area (Å²) in [5.41, 5.74) is -0.714. The second-order valence-corrected chi connectivity index (χ2v) is 4.22. The van der Waals surface area contributed by atoms with Gasteiger partial charge in [-0.1, -0.05) is 6.92 Å². The third-order valence-electron chi connectivity index (χ3n) is 2.86. The lowest BCUT2D eigenvalue weighted by Gasteiger charge is -2.24. The maximum absolute atomic E-state index is 13.6. The molecule has 0 heterocycles. The Bertz CT molecular complexity index is 578. The molecule has 0 spiro atoms. The summed E-state index contributed by atoms with van der Waals surface area (Å²) in [7, 11) is 1.26. The number of non-ortho nitro benzene ring substituents is 1. The second kappa shape index (κ2) is 6.64. The van der Waals surface area contributed by atoms with Gasteiger partial charge in [-0.05, 0) is 12.5 Å². The first kappa shape index (κ1) is 16.3. The van der Waals surface area contributed by atoms with E-state index >= 15 is 0 Å². The third kappa shape index (κ3) is 3.88. The summed E-state index contributed by atoms with van der Waals surface area (Å²) in [4.78, 5) is 33.4. The van der Waals surface area contributed by atoms with Gasteiger partial charge in [0.2, 0.25) is 0 Å². The molecule has 0 aromatic heterocycles. The molecular weight excluding hydrogens is 285 g/mol. The summed E-state index contributed by atoms with van der Waals surface area (Å²) in [5.74, 6) is -2.16. The zero-order valence-electron chi connectivity index (χ0n) is 11.4. The normalized spacial score (nSPS) is 11.6. The molecule has 114 valence electrons. The van der Waals surface area contributed by atoms with Crippen LogP contribution >= 0.6 is 0 Å². The van der Waals surface area contributed by atoms with Crippen LogP contribution in [-0.4, -0.2) is 40.0 Å². The van der Waals surface area contributed by atoms with Crippen LogP contribution in [0.15, 0.2) is 18.2 Å². The van der Waals surface area contributed by atoms with Crippen molar-refractivity contribution in [1.82, 2.24) is 4.90 Å². The number of carboxylic acids is 1. The van der Waals surface area contributed by atoms with Gasteiger partial charge in [0, 0.05) is 13.1 Å². The van der Waals surface area contributed by atoms with Crippen molar-refractivity contribution in [2.24, 2.45) is 0 Å². The lowest BCUT2D eigenvalue weighted by atomic mass is 10.2. The molecule has 8 nitrogen and oxygen atoms in total. The summed E-state index contributed by atoms with van der Waals surface area (Å²) >= 11 is 0. The van der Waals surface area contributed by atoms with E-state index in [-0.39, 0.29) is 12.1 Å². The quantitative estimate of drug-likeness (QED) is 0.638. The van der Waals surface area contributed by atoms with Crippen molar-refractivity contribution >= 4 is 23.4 Å². The molecule has 2 amide bonds. The first-order chi connectivity index (χ1) is 9.77. The summed E-state index contributed by atoms with van der Waals surface area (Å²) in [6, 6.07) is 0.876. The number of nitro groups is 1. The number of rotatable bonds is 5. The predicted octanol–water partition coefficient (Wildman–Crippen LogP) is 2.06. The highest BCUT2D eigenvalue weighted by Crippen LogP contribution is 2.21. The van der Waals surface area contributed by atoms with E-state index < -0.39 is 34.5 Å². The average Bonchev–Trinajstić information content (AvgIpc) is 2.40. The van der Waals surface area contributed by atoms with Gasteiger partial charge < -0.3 is 15.3 Å². The van der Waals surface area contributed by atoms with Crippen molar-refractivity contribution in [2.45, 2.75) is 19.4 Å². The molecule has 0 saturated carbocycles. The summed E-state index contributed by atoms with van der Waals surface area (Å²) in [6.45, 7) is 1.59. The van der Waals surface area contributed by atoms with E-state index in [2.05, 4.69) is 5.32 Å². The number of halogens is 1. The van der Waals surface area contributed by atoms with Crippen LogP contribution in [0.3, 0.4) is 0 Å². The Morgan fingerprint density at radius 1 is 1.52 bits per heavy atom. The topological polar surface area (TPSA) is 113 Å². The number of carbonyl (C=O) groups is 2. The van der Waals surface area contributed by atoms with Crippen molar-refractivity contribution in [3.63, 3.8) is 0 Å². The zero-order valence-corrected chi connectivity index (χ0v) is 11.4. The Kier molecular flexibility index (Phi) is 5.17. The van der Waals surface area contributed by atoms with Gasteiger partial charge in [0.05, 0.1) is 16.7 Å². The maximum Gasteiger partial charge on any atom is 0.326 e. The number of carboxylic acid groups (broad SMARTS) is 1. The van der Waals surface area contributed by atoms with Crippen molar-refractivity contribution in [3.8, 4) is 0 Å². The van der Waals surface area contributed by atoms with E-state index in [1.54, 1.807) is 6.92 Å². The molecule has 0 aliphatic heterocycles. The largest absolute Gasteiger partial charge is 0.480 e. The van der Waals surface area contributed by atoms with Crippen LogP contribution in [0.2, 0.25) is 0 Å². The SMILES string of the molecule is CCC(C(=O)O)N(C)C(=O)Nc1ccc([N+](=O)[O-])cc1F. The molecule has 0 aliphatic rings. The Morgan fingerprint density at radius 2 is 2.14 bits per heavy atom. The molecule has 21 heavy (non-hydrogen) atoms. The third-order valence-corrected chi connectivity index (χ3v) is 2.86. The molecule has 9 heteroatoms.